The van der Waals surface area contributed by atoms with E-state index in [9.17, 15) is 4.79 Å². The second-order valence-corrected chi connectivity index (χ2v) is 8.09. The number of fused-ring (bicyclic) bond motifs is 1. The van der Waals surface area contributed by atoms with Crippen LogP contribution in [0.3, 0.4) is 0 Å². The van der Waals surface area contributed by atoms with Crippen LogP contribution in [0.1, 0.15) is 21.5 Å². The average molecular weight is 576 g/mol. The summed E-state index contributed by atoms with van der Waals surface area (Å²) in [5.41, 5.74) is 9.83. The number of benzene rings is 4. The third-order valence-electron chi connectivity index (χ3n) is 5.36. The molecule has 0 heterocycles. The molecule has 200 valence electrons. The van der Waals surface area contributed by atoms with Crippen LogP contribution in [0, 0.1) is 14.9 Å². The van der Waals surface area contributed by atoms with E-state index in [-0.39, 0.29) is 47.5 Å². The van der Waals surface area contributed by atoms with Crippen LogP contribution in [0.2, 0.25) is 0 Å². The first-order chi connectivity index (χ1) is 17.7. The van der Waals surface area contributed by atoms with Crippen molar-refractivity contribution in [3.63, 3.8) is 0 Å². The molecule has 5 rings (SSSR count). The smallest absolute Gasteiger partial charge is 0.664 e. The molecule has 5 aromatic carbocycles. The number of carbonyl (C=O) groups excluding carboxylic acids is 1. The minimum atomic E-state index is -0.629. The predicted molar refractivity (Wildman–Crippen MR) is 172 cm³/mol. The predicted octanol–water partition coefficient (Wildman–Crippen LogP) is 9.54. The molecule has 5 aromatic rings. The summed E-state index contributed by atoms with van der Waals surface area (Å²) in [6.07, 6.45) is 10.6. The van der Waals surface area contributed by atoms with Crippen molar-refractivity contribution in [1.82, 2.24) is 0 Å². The van der Waals surface area contributed by atoms with Gasteiger partial charge in [0.15, 0.2) is 0 Å². The zero-order valence-electron chi connectivity index (χ0n) is 23.3. The van der Waals surface area contributed by atoms with Crippen molar-refractivity contribution in [1.29, 1.82) is 0 Å². The fourth-order valence-corrected chi connectivity index (χ4v) is 3.45. The summed E-state index contributed by atoms with van der Waals surface area (Å²) < 4.78 is 0. The van der Waals surface area contributed by atoms with E-state index in [0.29, 0.717) is 5.56 Å². The van der Waals surface area contributed by atoms with Crippen molar-refractivity contribution in [2.45, 2.75) is 12.8 Å². The molecule has 0 spiro atoms. The summed E-state index contributed by atoms with van der Waals surface area (Å²) in [6.45, 7) is 0. The zero-order valence-corrected chi connectivity index (χ0v) is 25.9. The van der Waals surface area contributed by atoms with Gasteiger partial charge in [0.1, 0.15) is 0 Å². The van der Waals surface area contributed by atoms with E-state index in [1.807, 2.05) is 18.2 Å². The fourth-order valence-electron chi connectivity index (χ4n) is 3.45. The number of nitrogens with one attached hydrogen (secondary N) is 1. The number of hydrogen-bond donors (Lipinski definition) is 0. The van der Waals surface area contributed by atoms with Crippen molar-refractivity contribution in [3.05, 3.63) is 195 Å². The van der Waals surface area contributed by atoms with Gasteiger partial charge < -0.3 is 25.4 Å². The van der Waals surface area contributed by atoms with Crippen LogP contribution in [0.25, 0.3) is 16.5 Å². The Kier molecular flexibility index (Phi) is 22.4. The number of amides is 1. The van der Waals surface area contributed by atoms with Crippen molar-refractivity contribution >= 4 is 27.6 Å². The fraction of sp³-hybridized carbons (Fsp3) is 0.0556. The Bertz CT molecular complexity index is 1270. The summed E-state index contributed by atoms with van der Waals surface area (Å²) in [7, 11) is 0. The summed E-state index contributed by atoms with van der Waals surface area (Å²) in [6, 6.07) is 44.2. The molecule has 0 atom stereocenters. The van der Waals surface area contributed by atoms with Crippen LogP contribution in [-0.2, 0) is 34.6 Å². The van der Waals surface area contributed by atoms with Gasteiger partial charge in [-0.3, -0.25) is 0 Å². The van der Waals surface area contributed by atoms with Crippen LogP contribution in [-0.4, -0.2) is 16.9 Å². The number of hydrogen-bond acceptors (Lipinski definition) is 1. The largest absolute Gasteiger partial charge is 4.00 e. The molecule has 4 heteroatoms. The molecule has 0 fully saturated rings. The Morgan fingerprint density at radius 3 is 1.48 bits per heavy atom. The van der Waals surface area contributed by atoms with E-state index >= 15 is 0 Å². The van der Waals surface area contributed by atoms with E-state index in [1.54, 1.807) is 24.3 Å². The molecule has 0 bridgehead atoms. The van der Waals surface area contributed by atoms with Gasteiger partial charge in [0.05, 0.1) is 5.91 Å². The third kappa shape index (κ3) is 15.1. The first-order valence-electron chi connectivity index (χ1n) is 12.0. The molecule has 0 aliphatic heterocycles. The van der Waals surface area contributed by atoms with Gasteiger partial charge in [-0.2, -0.15) is 17.5 Å². The van der Waals surface area contributed by atoms with Gasteiger partial charge in [0, 0.05) is 11.0 Å². The van der Waals surface area contributed by atoms with Gasteiger partial charge in [-0.1, -0.05) is 121 Å². The van der Waals surface area contributed by atoms with Crippen molar-refractivity contribution in [2.24, 2.45) is 0 Å². The molecule has 0 unspecified atom stereocenters. The van der Waals surface area contributed by atoms with Gasteiger partial charge in [-0.05, 0) is 29.5 Å². The standard InChI is InChI=1S/C18H18.C9H7.C7H7NO.2CH3.Si.Ti/c1(5-11-17-13-7-3-8-14-17)2-6-12-18-15-9-4-10-16-18;1-2-5-9-7-3-6-8(9)4-1;8-7(9)6-4-2-1-3-5-6;;;;/h1-10,13-16H,11-12H2;1-7H;1-5H,(H2,8,9);2*1H3;;/q;-1;;2*-1;;+4/p-1. The third-order valence-corrected chi connectivity index (χ3v) is 5.36. The zero-order chi connectivity index (χ0) is 25.3. The summed E-state index contributed by atoms with van der Waals surface area (Å²) in [5, 5.41) is 2.66. The van der Waals surface area contributed by atoms with E-state index in [0.717, 1.165) is 12.8 Å². The number of allylic oxidation sites excluding steroid dienone is 4. The minimum Gasteiger partial charge on any atom is -0.664 e. The molecule has 0 aliphatic carbocycles. The molecule has 1 N–H and O–H groups in total. The number of rotatable bonds is 6. The Balaban J connectivity index is 0. The average Bonchev–Trinajstić information content (AvgIpc) is 3.42. The Morgan fingerprint density at radius 1 is 0.625 bits per heavy atom. The summed E-state index contributed by atoms with van der Waals surface area (Å²) in [4.78, 5) is 10.3. The van der Waals surface area contributed by atoms with Gasteiger partial charge in [0.2, 0.25) is 0 Å². The monoisotopic (exact) mass is 575 g/mol. The molecule has 0 aliphatic rings. The first kappa shape index (κ1) is 38.5. The van der Waals surface area contributed by atoms with Crippen molar-refractivity contribution in [2.75, 3.05) is 0 Å². The van der Waals surface area contributed by atoms with Gasteiger partial charge in [-0.15, -0.1) is 29.7 Å². The molecule has 4 radical (unpaired) electrons. The normalized spacial score (nSPS) is 9.40. The maximum Gasteiger partial charge on any atom is 4.00 e. The van der Waals surface area contributed by atoms with Gasteiger partial charge in [0.25, 0.3) is 0 Å². The van der Waals surface area contributed by atoms with E-state index in [4.69, 9.17) is 5.73 Å². The maximum atomic E-state index is 10.3. The second kappa shape index (κ2) is 23.3. The molecule has 2 nitrogen and oxygen atoms in total. The van der Waals surface area contributed by atoms with Crippen molar-refractivity contribution < 1.29 is 26.5 Å². The summed E-state index contributed by atoms with van der Waals surface area (Å²) in [5.74, 6) is -0.629. The van der Waals surface area contributed by atoms with Crippen LogP contribution in [0.15, 0.2) is 158 Å². The molecule has 0 aromatic heterocycles. The molecule has 0 saturated carbocycles. The molecule has 1 amide bonds. The minimum absolute atomic E-state index is 0. The van der Waals surface area contributed by atoms with E-state index < -0.39 is 5.91 Å². The SMILES string of the molecule is C(C=CCc1ccccc1)=CCc1ccccc1.[CH3-].[CH3-].[NH-]C(=O)c1ccccc1.[Si].[Ti+4].c1ccc2[cH-]ccc2c1. The Labute approximate surface area is 260 Å². The topological polar surface area (TPSA) is 40.9 Å². The first-order valence-corrected chi connectivity index (χ1v) is 12.0. The number of carbonyl (C=O) groups is 1. The van der Waals surface area contributed by atoms with Crippen molar-refractivity contribution in [3.8, 4) is 0 Å². The summed E-state index contributed by atoms with van der Waals surface area (Å²) >= 11 is 0. The van der Waals surface area contributed by atoms with Crippen LogP contribution < -0.4 is 0 Å². The molecular formula is C36H37NOSiTi. The molecular weight excluding hydrogens is 538 g/mol. The van der Waals surface area contributed by atoms with Crippen LogP contribution in [0.5, 0.6) is 0 Å². The van der Waals surface area contributed by atoms with E-state index in [2.05, 4.69) is 115 Å². The Morgan fingerprint density at radius 2 is 1.05 bits per heavy atom. The second-order valence-electron chi connectivity index (χ2n) is 8.09. The van der Waals surface area contributed by atoms with Gasteiger partial charge in [-0.25, -0.2) is 0 Å². The maximum absolute atomic E-state index is 10.3. The quantitative estimate of drug-likeness (QED) is 0.113. The van der Waals surface area contributed by atoms with E-state index in [1.165, 1.54) is 21.9 Å². The molecule has 0 saturated heterocycles. The van der Waals surface area contributed by atoms with Gasteiger partial charge >= 0.3 is 21.7 Å². The molecule has 40 heavy (non-hydrogen) atoms. The van der Waals surface area contributed by atoms with Crippen LogP contribution >= 0.6 is 0 Å². The van der Waals surface area contributed by atoms with Crippen LogP contribution in [0.4, 0.5) is 0 Å². The Hall–Kier alpha value is -3.63.